The fourth-order valence-electron chi connectivity index (χ4n) is 5.89. The average Bonchev–Trinajstić information content (AvgIpc) is 3.41. The van der Waals surface area contributed by atoms with Crippen molar-refractivity contribution in [3.05, 3.63) is 107 Å². The second kappa shape index (κ2) is 10.0. The predicted molar refractivity (Wildman–Crippen MR) is 152 cm³/mol. The first-order valence-corrected chi connectivity index (χ1v) is 13.5. The minimum absolute atomic E-state index is 0.0664. The van der Waals surface area contributed by atoms with Gasteiger partial charge < -0.3 is 10.5 Å². The highest BCUT2D eigenvalue weighted by Crippen LogP contribution is 2.42. The summed E-state index contributed by atoms with van der Waals surface area (Å²) < 4.78 is 8.49. The van der Waals surface area contributed by atoms with Crippen molar-refractivity contribution >= 4 is 21.5 Å². The SMILES string of the molecule is CC(C)n1cc(CCC2Cc3c(ccc4c3cc(OCc3ccccc3)c3ccccc34)C(N)C2)cn1. The van der Waals surface area contributed by atoms with Gasteiger partial charge >= 0.3 is 0 Å². The molecule has 4 heteroatoms. The Kier molecular flexibility index (Phi) is 6.43. The maximum absolute atomic E-state index is 6.78. The van der Waals surface area contributed by atoms with E-state index in [1.54, 1.807) is 0 Å². The number of aryl methyl sites for hydroxylation is 1. The lowest BCUT2D eigenvalue weighted by Gasteiger charge is -2.31. The molecular formula is C33H35N3O. The Hall–Kier alpha value is -3.63. The van der Waals surface area contributed by atoms with Crippen LogP contribution in [0, 0.1) is 5.92 Å². The van der Waals surface area contributed by atoms with E-state index in [0.717, 1.165) is 36.8 Å². The molecule has 1 aromatic heterocycles. The van der Waals surface area contributed by atoms with Crippen molar-refractivity contribution in [2.45, 2.75) is 58.2 Å². The minimum atomic E-state index is 0.0664. The van der Waals surface area contributed by atoms with Crippen molar-refractivity contribution in [1.29, 1.82) is 0 Å². The normalized spacial score (nSPS) is 17.4. The van der Waals surface area contributed by atoms with Gasteiger partial charge in [0.1, 0.15) is 12.4 Å². The quantitative estimate of drug-likeness (QED) is 0.240. The fraction of sp³-hybridized carbons (Fsp3) is 0.303. The van der Waals surface area contributed by atoms with Gasteiger partial charge in [0.2, 0.25) is 0 Å². The van der Waals surface area contributed by atoms with E-state index in [9.17, 15) is 0 Å². The molecule has 1 aliphatic rings. The number of nitrogens with zero attached hydrogens (tertiary/aromatic N) is 2. The molecule has 0 amide bonds. The zero-order valence-corrected chi connectivity index (χ0v) is 21.7. The molecule has 2 N–H and O–H groups in total. The number of ether oxygens (including phenoxy) is 1. The van der Waals surface area contributed by atoms with Gasteiger partial charge in [-0.25, -0.2) is 0 Å². The van der Waals surface area contributed by atoms with Crippen LogP contribution < -0.4 is 10.5 Å². The van der Waals surface area contributed by atoms with Crippen molar-refractivity contribution in [3.63, 3.8) is 0 Å². The van der Waals surface area contributed by atoms with E-state index in [2.05, 4.69) is 91.9 Å². The van der Waals surface area contributed by atoms with Gasteiger partial charge in [0, 0.05) is 23.7 Å². The second-order valence-electron chi connectivity index (χ2n) is 10.8. The molecule has 0 saturated carbocycles. The van der Waals surface area contributed by atoms with Crippen molar-refractivity contribution in [1.82, 2.24) is 9.78 Å². The highest BCUT2D eigenvalue weighted by molar-refractivity contribution is 6.11. The summed E-state index contributed by atoms with van der Waals surface area (Å²) in [5.41, 5.74) is 12.0. The van der Waals surface area contributed by atoms with Crippen LogP contribution in [0.4, 0.5) is 0 Å². The van der Waals surface area contributed by atoms with E-state index in [-0.39, 0.29) is 6.04 Å². The molecule has 1 heterocycles. The lowest BCUT2D eigenvalue weighted by molar-refractivity contribution is 0.310. The van der Waals surface area contributed by atoms with Crippen molar-refractivity contribution in [2.24, 2.45) is 11.7 Å². The summed E-state index contributed by atoms with van der Waals surface area (Å²) in [7, 11) is 0. The first-order chi connectivity index (χ1) is 18.1. The number of rotatable bonds is 7. The maximum Gasteiger partial charge on any atom is 0.128 e. The van der Waals surface area contributed by atoms with Crippen LogP contribution in [0.1, 0.15) is 61.0 Å². The molecule has 0 fully saturated rings. The summed E-state index contributed by atoms with van der Waals surface area (Å²) in [5.74, 6) is 1.49. The van der Waals surface area contributed by atoms with Crippen molar-refractivity contribution in [2.75, 3.05) is 0 Å². The van der Waals surface area contributed by atoms with Crippen molar-refractivity contribution in [3.8, 4) is 5.75 Å². The van der Waals surface area contributed by atoms with E-state index in [4.69, 9.17) is 10.5 Å². The number of hydrogen-bond acceptors (Lipinski definition) is 3. The Morgan fingerprint density at radius 3 is 2.46 bits per heavy atom. The summed E-state index contributed by atoms with van der Waals surface area (Å²) in [6.45, 7) is 4.89. The van der Waals surface area contributed by atoms with E-state index >= 15 is 0 Å². The molecule has 0 spiro atoms. The number of fused-ring (bicyclic) bond motifs is 5. The van der Waals surface area contributed by atoms with Crippen molar-refractivity contribution < 1.29 is 4.74 Å². The van der Waals surface area contributed by atoms with Gasteiger partial charge in [0.25, 0.3) is 0 Å². The molecule has 5 aromatic rings. The molecule has 1 aliphatic carbocycles. The Morgan fingerprint density at radius 1 is 0.919 bits per heavy atom. The van der Waals surface area contributed by atoms with Crippen LogP contribution in [0.3, 0.4) is 0 Å². The van der Waals surface area contributed by atoms with Gasteiger partial charge in [-0.15, -0.1) is 0 Å². The molecule has 2 atom stereocenters. The third-order valence-electron chi connectivity index (χ3n) is 7.89. The summed E-state index contributed by atoms with van der Waals surface area (Å²) >= 11 is 0. The number of hydrogen-bond donors (Lipinski definition) is 1. The van der Waals surface area contributed by atoms with Crippen LogP contribution in [0.2, 0.25) is 0 Å². The van der Waals surface area contributed by atoms with Crippen LogP contribution in [-0.4, -0.2) is 9.78 Å². The van der Waals surface area contributed by atoms with Gasteiger partial charge in [-0.2, -0.15) is 5.10 Å². The van der Waals surface area contributed by atoms with E-state index < -0.39 is 0 Å². The molecule has 2 unspecified atom stereocenters. The monoisotopic (exact) mass is 489 g/mol. The molecule has 0 saturated heterocycles. The summed E-state index contributed by atoms with van der Waals surface area (Å²) in [4.78, 5) is 0. The van der Waals surface area contributed by atoms with Crippen LogP contribution >= 0.6 is 0 Å². The molecular weight excluding hydrogens is 454 g/mol. The van der Waals surface area contributed by atoms with Crippen LogP contribution in [0.25, 0.3) is 21.5 Å². The number of nitrogens with two attached hydrogens (primary N) is 1. The standard InChI is InChI=1S/C33H35N3O/c1-22(2)36-20-25(19-35-36)13-12-24-16-30-28(32(34)17-24)15-14-27-26-10-6-7-11-29(26)33(18-31(27)30)37-21-23-8-4-3-5-9-23/h3-11,14-15,18-20,22,24,32H,12-13,16-17,21,34H2,1-2H3. The topological polar surface area (TPSA) is 53.1 Å². The Balaban J connectivity index is 1.34. The van der Waals surface area contributed by atoms with E-state index in [1.807, 2.05) is 16.9 Å². The minimum Gasteiger partial charge on any atom is -0.488 e. The first kappa shape index (κ1) is 23.7. The van der Waals surface area contributed by atoms with E-state index in [1.165, 1.54) is 38.4 Å². The number of aromatic nitrogens is 2. The maximum atomic E-state index is 6.78. The van der Waals surface area contributed by atoms with Gasteiger partial charge in [-0.3, -0.25) is 4.68 Å². The van der Waals surface area contributed by atoms with Crippen LogP contribution in [0.15, 0.2) is 85.2 Å². The molecule has 0 radical (unpaired) electrons. The highest BCUT2D eigenvalue weighted by Gasteiger charge is 2.27. The zero-order valence-electron chi connectivity index (χ0n) is 21.7. The average molecular weight is 490 g/mol. The zero-order chi connectivity index (χ0) is 25.4. The predicted octanol–water partition coefficient (Wildman–Crippen LogP) is 7.54. The van der Waals surface area contributed by atoms with E-state index in [0.29, 0.717) is 18.6 Å². The van der Waals surface area contributed by atoms with Crippen LogP contribution in [-0.2, 0) is 19.4 Å². The summed E-state index contributed by atoms with van der Waals surface area (Å²) in [6, 6.07) is 26.2. The largest absolute Gasteiger partial charge is 0.488 e. The van der Waals surface area contributed by atoms with Gasteiger partial charge in [-0.1, -0.05) is 66.7 Å². The fourth-order valence-corrected chi connectivity index (χ4v) is 5.89. The second-order valence-corrected chi connectivity index (χ2v) is 10.8. The molecule has 4 nitrogen and oxygen atoms in total. The smallest absolute Gasteiger partial charge is 0.128 e. The molecule has 0 aliphatic heterocycles. The number of benzene rings is 4. The third kappa shape index (κ3) is 4.74. The molecule has 6 rings (SSSR count). The van der Waals surface area contributed by atoms with Gasteiger partial charge in [-0.05, 0) is 89.9 Å². The Bertz CT molecular complexity index is 1540. The highest BCUT2D eigenvalue weighted by atomic mass is 16.5. The van der Waals surface area contributed by atoms with Gasteiger partial charge in [0.15, 0.2) is 0 Å². The third-order valence-corrected chi connectivity index (χ3v) is 7.89. The lowest BCUT2D eigenvalue weighted by Crippen LogP contribution is -2.24. The van der Waals surface area contributed by atoms with Crippen LogP contribution in [0.5, 0.6) is 5.75 Å². The summed E-state index contributed by atoms with van der Waals surface area (Å²) in [5, 5.41) is 9.49. The lowest BCUT2D eigenvalue weighted by atomic mass is 9.76. The Morgan fingerprint density at radius 2 is 1.68 bits per heavy atom. The molecule has 0 bridgehead atoms. The summed E-state index contributed by atoms with van der Waals surface area (Å²) in [6.07, 6.45) is 8.46. The van der Waals surface area contributed by atoms with Gasteiger partial charge in [0.05, 0.1) is 6.20 Å². The first-order valence-electron chi connectivity index (χ1n) is 13.5. The Labute approximate surface area is 219 Å². The molecule has 37 heavy (non-hydrogen) atoms. The molecule has 4 aromatic carbocycles. The molecule has 188 valence electrons.